The molecular formula is C16H13N3. The molecule has 92 valence electrons. The lowest BCUT2D eigenvalue weighted by Gasteiger charge is -1.99. The molecule has 0 atom stereocenters. The quantitative estimate of drug-likeness (QED) is 0.324. The summed E-state index contributed by atoms with van der Waals surface area (Å²) in [5.41, 5.74) is 12.3. The van der Waals surface area contributed by atoms with Gasteiger partial charge in [-0.15, -0.1) is 0 Å². The molecule has 0 bridgehead atoms. The fraction of sp³-hybridized carbons (Fsp3) is 0.125. The predicted molar refractivity (Wildman–Crippen MR) is 77.0 cm³/mol. The Labute approximate surface area is 112 Å². The number of hydrogen-bond donors (Lipinski definition) is 0. The Morgan fingerprint density at radius 3 is 2.63 bits per heavy atom. The topological polar surface area (TPSA) is 48.8 Å². The zero-order chi connectivity index (χ0) is 13.5. The van der Waals surface area contributed by atoms with Crippen molar-refractivity contribution in [2.24, 2.45) is 5.11 Å². The van der Waals surface area contributed by atoms with Gasteiger partial charge in [0.25, 0.3) is 0 Å². The lowest BCUT2D eigenvalue weighted by molar-refractivity contribution is 1.28. The first-order valence-corrected chi connectivity index (χ1v) is 5.99. The third kappa shape index (κ3) is 3.38. The molecule has 2 aromatic carbocycles. The lowest BCUT2D eigenvalue weighted by Crippen LogP contribution is -1.83. The summed E-state index contributed by atoms with van der Waals surface area (Å²) in [4.78, 5) is 2.82. The molecule has 19 heavy (non-hydrogen) atoms. The molecule has 0 fully saturated rings. The maximum absolute atomic E-state index is 8.51. The molecule has 0 aliphatic heterocycles. The van der Waals surface area contributed by atoms with Gasteiger partial charge < -0.3 is 0 Å². The van der Waals surface area contributed by atoms with E-state index in [-0.39, 0.29) is 0 Å². The van der Waals surface area contributed by atoms with Crippen molar-refractivity contribution in [1.82, 2.24) is 0 Å². The molecule has 2 rings (SSSR count). The molecule has 0 aliphatic rings. The van der Waals surface area contributed by atoms with Crippen LogP contribution in [-0.4, -0.2) is 0 Å². The van der Waals surface area contributed by atoms with Gasteiger partial charge in [0.05, 0.1) is 0 Å². The molecule has 0 unspecified atom stereocenters. The summed E-state index contributed by atoms with van der Waals surface area (Å²) in [7, 11) is 0. The first-order valence-electron chi connectivity index (χ1n) is 5.99. The highest BCUT2D eigenvalue weighted by Crippen LogP contribution is 2.18. The zero-order valence-electron chi connectivity index (χ0n) is 10.7. The van der Waals surface area contributed by atoms with Gasteiger partial charge in [0, 0.05) is 22.6 Å². The second kappa shape index (κ2) is 6.30. The van der Waals surface area contributed by atoms with Gasteiger partial charge in [-0.05, 0) is 29.6 Å². The fourth-order valence-corrected chi connectivity index (χ4v) is 1.75. The van der Waals surface area contributed by atoms with Gasteiger partial charge in [0.2, 0.25) is 0 Å². The van der Waals surface area contributed by atoms with Gasteiger partial charge in [-0.3, -0.25) is 0 Å². The maximum atomic E-state index is 8.51. The van der Waals surface area contributed by atoms with Crippen molar-refractivity contribution in [1.29, 1.82) is 0 Å². The first kappa shape index (κ1) is 12.8. The Morgan fingerprint density at radius 1 is 1.11 bits per heavy atom. The van der Waals surface area contributed by atoms with Gasteiger partial charge in [0.1, 0.15) is 0 Å². The minimum absolute atomic E-state index is 0.573. The summed E-state index contributed by atoms with van der Waals surface area (Å²) in [6, 6.07) is 15.5. The number of azide groups is 1. The van der Waals surface area contributed by atoms with Gasteiger partial charge in [-0.2, -0.15) is 0 Å². The average molecular weight is 247 g/mol. The molecule has 0 spiro atoms. The van der Waals surface area contributed by atoms with Crippen LogP contribution in [0, 0.1) is 18.8 Å². The molecule has 0 aliphatic carbocycles. The summed E-state index contributed by atoms with van der Waals surface area (Å²) < 4.78 is 0. The van der Waals surface area contributed by atoms with Gasteiger partial charge >= 0.3 is 0 Å². The third-order valence-corrected chi connectivity index (χ3v) is 2.79. The number of nitrogens with zero attached hydrogens (tertiary/aromatic N) is 3. The summed E-state index contributed by atoms with van der Waals surface area (Å²) >= 11 is 0. The normalized spacial score (nSPS) is 9.11. The van der Waals surface area contributed by atoms with Crippen LogP contribution in [0.2, 0.25) is 0 Å². The van der Waals surface area contributed by atoms with E-state index >= 15 is 0 Å². The van der Waals surface area contributed by atoms with Crippen molar-refractivity contribution >= 4 is 5.69 Å². The minimum atomic E-state index is 0.573. The van der Waals surface area contributed by atoms with Crippen LogP contribution in [0.5, 0.6) is 0 Å². The van der Waals surface area contributed by atoms with E-state index in [0.717, 1.165) is 11.1 Å². The van der Waals surface area contributed by atoms with Crippen LogP contribution >= 0.6 is 0 Å². The van der Waals surface area contributed by atoms with E-state index in [0.29, 0.717) is 12.1 Å². The molecule has 0 aromatic heterocycles. The van der Waals surface area contributed by atoms with Crippen molar-refractivity contribution in [2.45, 2.75) is 13.3 Å². The molecule has 3 nitrogen and oxygen atoms in total. The molecular weight excluding hydrogens is 234 g/mol. The molecule has 0 radical (unpaired) electrons. The van der Waals surface area contributed by atoms with Crippen LogP contribution in [-0.2, 0) is 6.42 Å². The van der Waals surface area contributed by atoms with Crippen LogP contribution in [0.1, 0.15) is 16.7 Å². The largest absolute Gasteiger partial charge is 0.0931 e. The third-order valence-electron chi connectivity index (χ3n) is 2.79. The molecule has 2 aromatic rings. The highest BCUT2D eigenvalue weighted by molar-refractivity contribution is 5.48. The van der Waals surface area contributed by atoms with E-state index in [1.807, 2.05) is 49.4 Å². The zero-order valence-corrected chi connectivity index (χ0v) is 10.7. The number of aryl methyl sites for hydroxylation is 1. The highest BCUT2D eigenvalue weighted by Gasteiger charge is 1.97. The highest BCUT2D eigenvalue weighted by atomic mass is 15.1. The number of hydrogen-bond acceptors (Lipinski definition) is 1. The minimum Gasteiger partial charge on any atom is -0.0931 e. The Hall–Kier alpha value is -2.69. The standard InChI is InChI=1S/C16H13N3/c1-13-7-2-3-8-14(13)10-6-11-15-9-4-5-12-16(15)18-19-17/h2-5,7-9,12H,11H2,1H3. The Kier molecular flexibility index (Phi) is 4.23. The van der Waals surface area contributed by atoms with E-state index in [1.165, 1.54) is 5.56 Å². The second-order valence-electron chi connectivity index (χ2n) is 4.11. The van der Waals surface area contributed by atoms with Crippen LogP contribution < -0.4 is 0 Å². The van der Waals surface area contributed by atoms with Crippen molar-refractivity contribution < 1.29 is 0 Å². The van der Waals surface area contributed by atoms with E-state index in [1.54, 1.807) is 6.07 Å². The van der Waals surface area contributed by atoms with E-state index < -0.39 is 0 Å². The second-order valence-corrected chi connectivity index (χ2v) is 4.11. The molecule has 0 N–H and O–H groups in total. The van der Waals surface area contributed by atoms with Crippen LogP contribution in [0.25, 0.3) is 10.4 Å². The molecule has 3 heteroatoms. The van der Waals surface area contributed by atoms with Crippen LogP contribution in [0.4, 0.5) is 5.69 Å². The van der Waals surface area contributed by atoms with E-state index in [9.17, 15) is 0 Å². The molecule has 0 saturated heterocycles. The summed E-state index contributed by atoms with van der Waals surface area (Å²) in [5.74, 6) is 6.27. The Bertz CT molecular complexity index is 686. The Morgan fingerprint density at radius 2 is 1.84 bits per heavy atom. The summed E-state index contributed by atoms with van der Waals surface area (Å²) in [6.07, 6.45) is 0.573. The van der Waals surface area contributed by atoms with E-state index in [2.05, 4.69) is 21.9 Å². The SMILES string of the molecule is Cc1ccccc1C#CCc1ccccc1N=[N+]=[N-]. The number of benzene rings is 2. The predicted octanol–water partition coefficient (Wildman–Crippen LogP) is 4.53. The molecule has 0 saturated carbocycles. The van der Waals surface area contributed by atoms with E-state index in [4.69, 9.17) is 5.53 Å². The lowest BCUT2D eigenvalue weighted by atomic mass is 10.1. The first-order chi connectivity index (χ1) is 9.31. The van der Waals surface area contributed by atoms with Crippen molar-refractivity contribution in [3.8, 4) is 11.8 Å². The monoisotopic (exact) mass is 247 g/mol. The van der Waals surface area contributed by atoms with Crippen LogP contribution in [0.3, 0.4) is 0 Å². The van der Waals surface area contributed by atoms with Crippen LogP contribution in [0.15, 0.2) is 53.6 Å². The summed E-state index contributed by atoms with van der Waals surface area (Å²) in [5, 5.41) is 3.66. The van der Waals surface area contributed by atoms with Gasteiger partial charge in [-0.25, -0.2) is 0 Å². The molecule has 0 heterocycles. The molecule has 0 amide bonds. The Balaban J connectivity index is 2.21. The van der Waals surface area contributed by atoms with Gasteiger partial charge in [0.15, 0.2) is 0 Å². The van der Waals surface area contributed by atoms with Crippen molar-refractivity contribution in [3.05, 3.63) is 75.7 Å². The smallest absolute Gasteiger partial charge is 0.0417 e. The number of rotatable bonds is 2. The fourth-order valence-electron chi connectivity index (χ4n) is 1.75. The van der Waals surface area contributed by atoms with Gasteiger partial charge in [-0.1, -0.05) is 59.4 Å². The van der Waals surface area contributed by atoms with Crippen molar-refractivity contribution in [3.63, 3.8) is 0 Å². The van der Waals surface area contributed by atoms with Crippen molar-refractivity contribution in [2.75, 3.05) is 0 Å². The summed E-state index contributed by atoms with van der Waals surface area (Å²) in [6.45, 7) is 2.04. The maximum Gasteiger partial charge on any atom is 0.0417 e. The average Bonchev–Trinajstić information content (AvgIpc) is 2.43.